The van der Waals surface area contributed by atoms with Crippen LogP contribution in [0.1, 0.15) is 51.3 Å². The third-order valence-corrected chi connectivity index (χ3v) is 3.70. The zero-order valence-electron chi connectivity index (χ0n) is 10.6. The maximum Gasteiger partial charge on any atom is 0.182 e. The molecule has 3 rings (SSSR count). The first-order valence-electron chi connectivity index (χ1n) is 6.31. The number of aromatic nitrogens is 4. The fourth-order valence-electron chi connectivity index (χ4n) is 2.44. The Kier molecular flexibility index (Phi) is 2.18. The Morgan fingerprint density at radius 3 is 2.65 bits per heavy atom. The molecule has 3 N–H and O–H groups in total. The van der Waals surface area contributed by atoms with Gasteiger partial charge >= 0.3 is 0 Å². The summed E-state index contributed by atoms with van der Waals surface area (Å²) in [7, 11) is 0. The Bertz CT molecular complexity index is 546. The van der Waals surface area contributed by atoms with Crippen LogP contribution in [-0.2, 0) is 0 Å². The molecule has 2 aromatic heterocycles. The molecule has 2 heterocycles. The zero-order valence-corrected chi connectivity index (χ0v) is 10.6. The van der Waals surface area contributed by atoms with Gasteiger partial charge in [-0.25, -0.2) is 4.68 Å². The van der Waals surface area contributed by atoms with Gasteiger partial charge < -0.3 is 5.73 Å². The summed E-state index contributed by atoms with van der Waals surface area (Å²) < 4.78 is 2.05. The van der Waals surface area contributed by atoms with Crippen molar-refractivity contribution >= 4 is 16.9 Å². The lowest BCUT2D eigenvalue weighted by Gasteiger charge is -2.10. The topological polar surface area (TPSA) is 72.5 Å². The van der Waals surface area contributed by atoms with Crippen LogP contribution in [0.3, 0.4) is 0 Å². The molecule has 5 heteroatoms. The Morgan fingerprint density at radius 1 is 1.35 bits per heavy atom. The third-order valence-electron chi connectivity index (χ3n) is 3.70. The highest BCUT2D eigenvalue weighted by Crippen LogP contribution is 2.41. The van der Waals surface area contributed by atoms with E-state index >= 15 is 0 Å². The molecule has 0 bridgehead atoms. The van der Waals surface area contributed by atoms with Crippen molar-refractivity contribution in [1.29, 1.82) is 0 Å². The lowest BCUT2D eigenvalue weighted by atomic mass is 10.1. The van der Waals surface area contributed by atoms with Gasteiger partial charge in [0.15, 0.2) is 5.65 Å². The molecule has 1 aliphatic rings. The summed E-state index contributed by atoms with van der Waals surface area (Å²) >= 11 is 0. The molecule has 0 aromatic carbocycles. The van der Waals surface area contributed by atoms with Crippen molar-refractivity contribution in [2.75, 3.05) is 5.73 Å². The van der Waals surface area contributed by atoms with E-state index in [4.69, 9.17) is 10.8 Å². The summed E-state index contributed by atoms with van der Waals surface area (Å²) in [6.45, 7) is 6.50. The van der Waals surface area contributed by atoms with Gasteiger partial charge in [-0.15, -0.1) is 0 Å². The van der Waals surface area contributed by atoms with Gasteiger partial charge in [0, 0.05) is 0 Å². The maximum atomic E-state index is 5.95. The van der Waals surface area contributed by atoms with Crippen molar-refractivity contribution < 1.29 is 0 Å². The van der Waals surface area contributed by atoms with Crippen LogP contribution in [0, 0.1) is 5.92 Å². The average Bonchev–Trinajstić information content (AvgIpc) is 2.96. The second kappa shape index (κ2) is 3.48. The highest BCUT2D eigenvalue weighted by atomic mass is 15.4. The Morgan fingerprint density at radius 2 is 2.06 bits per heavy atom. The van der Waals surface area contributed by atoms with Gasteiger partial charge in [-0.05, 0) is 31.6 Å². The van der Waals surface area contributed by atoms with E-state index in [1.54, 1.807) is 0 Å². The van der Waals surface area contributed by atoms with Crippen molar-refractivity contribution in [3.05, 3.63) is 5.69 Å². The number of nitrogens with zero attached hydrogens (tertiary/aromatic N) is 3. The number of aromatic amines is 1. The summed E-state index contributed by atoms with van der Waals surface area (Å²) in [6, 6.07) is 0.424. The minimum atomic E-state index is 0.366. The first-order chi connectivity index (χ1) is 8.09. The molecule has 0 spiro atoms. The molecule has 0 radical (unpaired) electrons. The van der Waals surface area contributed by atoms with E-state index in [0.717, 1.165) is 22.6 Å². The highest BCUT2D eigenvalue weighted by molar-refractivity contribution is 5.89. The van der Waals surface area contributed by atoms with Gasteiger partial charge in [0.2, 0.25) is 0 Å². The first kappa shape index (κ1) is 10.6. The van der Waals surface area contributed by atoms with Gasteiger partial charge in [0.1, 0.15) is 5.82 Å². The van der Waals surface area contributed by atoms with E-state index < -0.39 is 0 Å². The minimum Gasteiger partial charge on any atom is -0.383 e. The van der Waals surface area contributed by atoms with Gasteiger partial charge in [0.05, 0.1) is 17.1 Å². The molecule has 92 valence electrons. The minimum absolute atomic E-state index is 0.366. The maximum absolute atomic E-state index is 5.95. The predicted octanol–water partition coefficient (Wildman–Crippen LogP) is 2.44. The van der Waals surface area contributed by atoms with Crippen LogP contribution in [0.5, 0.6) is 0 Å². The van der Waals surface area contributed by atoms with E-state index in [2.05, 4.69) is 35.7 Å². The molecule has 2 aromatic rings. The first-order valence-corrected chi connectivity index (χ1v) is 6.31. The molecule has 17 heavy (non-hydrogen) atoms. The Balaban J connectivity index is 2.18. The van der Waals surface area contributed by atoms with Crippen molar-refractivity contribution in [3.63, 3.8) is 0 Å². The van der Waals surface area contributed by atoms with Crippen molar-refractivity contribution in [2.24, 2.45) is 5.92 Å². The van der Waals surface area contributed by atoms with Crippen LogP contribution in [0.2, 0.25) is 0 Å². The van der Waals surface area contributed by atoms with E-state index in [1.807, 2.05) is 0 Å². The molecule has 1 saturated carbocycles. The number of anilines is 1. The van der Waals surface area contributed by atoms with Crippen LogP contribution in [0.25, 0.3) is 11.0 Å². The summed E-state index contributed by atoms with van der Waals surface area (Å²) in [5.41, 5.74) is 7.91. The molecule has 0 aliphatic heterocycles. The quantitative estimate of drug-likeness (QED) is 0.855. The van der Waals surface area contributed by atoms with Crippen molar-refractivity contribution in [2.45, 2.75) is 45.6 Å². The van der Waals surface area contributed by atoms with Gasteiger partial charge in [0.25, 0.3) is 0 Å². The third kappa shape index (κ3) is 1.52. The number of hydrogen-bond acceptors (Lipinski definition) is 3. The predicted molar refractivity (Wildman–Crippen MR) is 67.8 cm³/mol. The highest BCUT2D eigenvalue weighted by Gasteiger charge is 2.32. The van der Waals surface area contributed by atoms with Crippen LogP contribution in [0.15, 0.2) is 0 Å². The summed E-state index contributed by atoms with van der Waals surface area (Å²) in [5, 5.41) is 12.9. The summed E-state index contributed by atoms with van der Waals surface area (Å²) in [4.78, 5) is 0. The Labute approximate surface area is 100 Å². The number of nitrogen functional groups attached to an aromatic ring is 1. The fourth-order valence-corrected chi connectivity index (χ4v) is 2.44. The van der Waals surface area contributed by atoms with Crippen molar-refractivity contribution in [3.8, 4) is 0 Å². The zero-order chi connectivity index (χ0) is 12.2. The number of hydrogen-bond donors (Lipinski definition) is 2. The van der Waals surface area contributed by atoms with E-state index in [9.17, 15) is 0 Å². The second-order valence-electron chi connectivity index (χ2n) is 5.40. The molecule has 0 saturated heterocycles. The normalized spacial score (nSPS) is 18.1. The van der Waals surface area contributed by atoms with Crippen LogP contribution in [-0.4, -0.2) is 20.0 Å². The lowest BCUT2D eigenvalue weighted by molar-refractivity contribution is 0.444. The van der Waals surface area contributed by atoms with E-state index in [1.165, 1.54) is 12.8 Å². The summed E-state index contributed by atoms with van der Waals surface area (Å²) in [5.74, 6) is 1.76. The SMILES string of the molecule is CC(C)c1nn(C(C)C2CC2)c2n[nH]c(N)c12. The fraction of sp³-hybridized carbons (Fsp3) is 0.667. The molecular formula is C12H19N5. The van der Waals surface area contributed by atoms with Crippen LogP contribution in [0.4, 0.5) is 5.82 Å². The number of nitrogens with one attached hydrogen (secondary N) is 1. The molecule has 0 amide bonds. The smallest absolute Gasteiger partial charge is 0.182 e. The molecular weight excluding hydrogens is 214 g/mol. The van der Waals surface area contributed by atoms with Crippen LogP contribution >= 0.6 is 0 Å². The molecule has 1 unspecified atom stereocenters. The van der Waals surface area contributed by atoms with Gasteiger partial charge in [-0.2, -0.15) is 10.2 Å². The van der Waals surface area contributed by atoms with E-state index in [0.29, 0.717) is 17.8 Å². The lowest BCUT2D eigenvalue weighted by Crippen LogP contribution is -2.10. The largest absolute Gasteiger partial charge is 0.383 e. The number of rotatable bonds is 3. The standard InChI is InChI=1S/C12H19N5/c1-6(2)10-9-11(13)14-15-12(9)17(16-10)7(3)8-4-5-8/h6-8H,4-5H2,1-3H3,(H3,13,14,15). The van der Waals surface area contributed by atoms with Crippen molar-refractivity contribution in [1.82, 2.24) is 20.0 Å². The second-order valence-corrected chi connectivity index (χ2v) is 5.40. The molecule has 1 fully saturated rings. The summed E-state index contributed by atoms with van der Waals surface area (Å²) in [6.07, 6.45) is 2.61. The molecule has 1 atom stereocenters. The number of fused-ring (bicyclic) bond motifs is 1. The number of nitrogens with two attached hydrogens (primary N) is 1. The van der Waals surface area contributed by atoms with Crippen LogP contribution < -0.4 is 5.73 Å². The van der Waals surface area contributed by atoms with Gasteiger partial charge in [-0.3, -0.25) is 5.10 Å². The van der Waals surface area contributed by atoms with E-state index in [-0.39, 0.29) is 0 Å². The monoisotopic (exact) mass is 233 g/mol. The number of H-pyrrole nitrogens is 1. The average molecular weight is 233 g/mol. The van der Waals surface area contributed by atoms with Gasteiger partial charge in [-0.1, -0.05) is 13.8 Å². The Hall–Kier alpha value is -1.52. The molecule has 5 nitrogen and oxygen atoms in total. The molecule has 1 aliphatic carbocycles.